The van der Waals surface area contributed by atoms with Crippen LogP contribution in [0.2, 0.25) is 0 Å². The molecule has 1 saturated heterocycles. The zero-order valence-electron chi connectivity index (χ0n) is 20.2. The van der Waals surface area contributed by atoms with E-state index < -0.39 is 15.9 Å². The number of aromatic amines is 1. The van der Waals surface area contributed by atoms with Crippen LogP contribution in [0.25, 0.3) is 22.0 Å². The van der Waals surface area contributed by atoms with Crippen molar-refractivity contribution in [2.45, 2.75) is 25.2 Å². The topological polar surface area (TPSA) is 117 Å². The Morgan fingerprint density at radius 1 is 1.14 bits per heavy atom. The van der Waals surface area contributed by atoms with Gasteiger partial charge in [-0.1, -0.05) is 24.3 Å². The maximum absolute atomic E-state index is 12.8. The van der Waals surface area contributed by atoms with Gasteiger partial charge in [-0.3, -0.25) is 9.59 Å². The lowest BCUT2D eigenvalue weighted by molar-refractivity contribution is 0.100. The number of carbonyl (C=O) groups is 2. The third-order valence-corrected chi connectivity index (χ3v) is 8.72. The van der Waals surface area contributed by atoms with Crippen LogP contribution < -0.4 is 5.73 Å². The van der Waals surface area contributed by atoms with Crippen molar-refractivity contribution in [2.75, 3.05) is 39.5 Å². The second kappa shape index (κ2) is 10.3. The van der Waals surface area contributed by atoms with Crippen LogP contribution in [-0.4, -0.2) is 74.3 Å². The van der Waals surface area contributed by atoms with Crippen molar-refractivity contribution < 1.29 is 18.0 Å². The van der Waals surface area contributed by atoms with Crippen molar-refractivity contribution in [1.29, 1.82) is 0 Å². The normalized spacial score (nSPS) is 15.6. The zero-order chi connectivity index (χ0) is 25.2. The van der Waals surface area contributed by atoms with Crippen molar-refractivity contribution in [1.82, 2.24) is 14.2 Å². The number of H-pyrrole nitrogens is 1. The highest BCUT2D eigenvalue weighted by Gasteiger charge is 2.30. The summed E-state index contributed by atoms with van der Waals surface area (Å²) in [4.78, 5) is 28.5. The first-order chi connectivity index (χ1) is 16.7. The second-order valence-corrected chi connectivity index (χ2v) is 11.5. The summed E-state index contributed by atoms with van der Waals surface area (Å²) in [6.45, 7) is 1.71. The first-order valence-corrected chi connectivity index (χ1v) is 13.4. The van der Waals surface area contributed by atoms with Gasteiger partial charge in [-0.25, -0.2) is 12.7 Å². The molecule has 0 atom stereocenters. The highest BCUT2D eigenvalue weighted by atomic mass is 32.2. The van der Waals surface area contributed by atoms with Crippen LogP contribution >= 0.6 is 0 Å². The van der Waals surface area contributed by atoms with Gasteiger partial charge in [-0.05, 0) is 74.6 Å². The van der Waals surface area contributed by atoms with E-state index in [0.29, 0.717) is 49.0 Å². The molecule has 8 nitrogen and oxygen atoms in total. The molecule has 1 aromatic heterocycles. The van der Waals surface area contributed by atoms with Crippen LogP contribution in [0.4, 0.5) is 0 Å². The van der Waals surface area contributed by atoms with Gasteiger partial charge in [0.1, 0.15) is 6.29 Å². The summed E-state index contributed by atoms with van der Waals surface area (Å²) >= 11 is 0. The molecule has 9 heteroatoms. The molecular formula is C26H32N4O4S. The van der Waals surface area contributed by atoms with Gasteiger partial charge in [0.25, 0.3) is 5.91 Å². The number of piperidine rings is 1. The number of benzene rings is 2. The van der Waals surface area contributed by atoms with E-state index >= 15 is 0 Å². The average Bonchev–Trinajstić information content (AvgIpc) is 3.27. The maximum atomic E-state index is 12.8. The summed E-state index contributed by atoms with van der Waals surface area (Å²) in [5.41, 5.74) is 10.2. The summed E-state index contributed by atoms with van der Waals surface area (Å²) in [5.74, 6) is -0.184. The number of nitrogens with one attached hydrogen (secondary N) is 1. The molecule has 1 amide bonds. The number of carbonyl (C=O) groups excluding carboxylic acids is 2. The van der Waals surface area contributed by atoms with E-state index in [4.69, 9.17) is 5.73 Å². The monoisotopic (exact) mass is 496 g/mol. The molecule has 4 rings (SSSR count). The van der Waals surface area contributed by atoms with Crippen LogP contribution in [0, 0.1) is 0 Å². The molecule has 0 aliphatic carbocycles. The molecule has 2 heterocycles. The van der Waals surface area contributed by atoms with Crippen molar-refractivity contribution >= 4 is 33.1 Å². The third kappa shape index (κ3) is 5.47. The fourth-order valence-electron chi connectivity index (χ4n) is 4.84. The summed E-state index contributed by atoms with van der Waals surface area (Å²) in [5, 5.41) is 0.919. The van der Waals surface area contributed by atoms with Crippen LogP contribution in [0.3, 0.4) is 0 Å². The smallest absolute Gasteiger partial charge is 0.250 e. The van der Waals surface area contributed by atoms with Crippen LogP contribution in [0.5, 0.6) is 0 Å². The Balaban J connectivity index is 1.59. The third-order valence-electron chi connectivity index (χ3n) is 6.76. The van der Waals surface area contributed by atoms with Crippen molar-refractivity contribution in [3.8, 4) is 11.1 Å². The molecule has 0 saturated carbocycles. The lowest BCUT2D eigenvalue weighted by atomic mass is 9.88. The SMILES string of the molecule is CN(C)CCCS(=O)(=O)N1CCC(c2c[nH]c3c(C(N)=O)cc(-c4ccc(C=O)cc4)cc23)CC1. The molecule has 0 spiro atoms. The highest BCUT2D eigenvalue weighted by molar-refractivity contribution is 7.89. The van der Waals surface area contributed by atoms with E-state index in [9.17, 15) is 18.0 Å². The van der Waals surface area contributed by atoms with E-state index in [1.165, 1.54) is 0 Å². The van der Waals surface area contributed by atoms with Crippen LogP contribution in [0.1, 0.15) is 51.5 Å². The lowest BCUT2D eigenvalue weighted by Crippen LogP contribution is -2.39. The fourth-order valence-corrected chi connectivity index (χ4v) is 6.36. The largest absolute Gasteiger partial charge is 0.366 e. The van der Waals surface area contributed by atoms with Gasteiger partial charge in [-0.15, -0.1) is 0 Å². The Kier molecular flexibility index (Phi) is 7.39. The molecule has 3 aromatic rings. The standard InChI is InChI=1S/C26H32N4O4S/c1-29(2)10-3-13-35(33,34)30-11-8-20(9-12-30)24-16-28-25-22(24)14-21(15-23(25)26(27)32)19-6-4-18(17-31)5-7-19/h4-7,14-17,20,28H,3,8-13H2,1-2H3,(H2,27,32). The zero-order valence-corrected chi connectivity index (χ0v) is 21.0. The molecule has 1 fully saturated rings. The molecule has 0 radical (unpaired) electrons. The predicted octanol–water partition coefficient (Wildman–Crippen LogP) is 3.21. The van der Waals surface area contributed by atoms with Gasteiger partial charge < -0.3 is 15.6 Å². The van der Waals surface area contributed by atoms with E-state index in [0.717, 1.165) is 34.9 Å². The highest BCUT2D eigenvalue weighted by Crippen LogP contribution is 2.37. The molecule has 0 bridgehead atoms. The Hall–Kier alpha value is -3.01. The molecule has 0 unspecified atom stereocenters. The minimum Gasteiger partial charge on any atom is -0.366 e. The van der Waals surface area contributed by atoms with Gasteiger partial charge in [0.2, 0.25) is 10.0 Å². The summed E-state index contributed by atoms with van der Waals surface area (Å²) in [7, 11) is 0.611. The van der Waals surface area contributed by atoms with Crippen LogP contribution in [0.15, 0.2) is 42.6 Å². The van der Waals surface area contributed by atoms with E-state index in [-0.39, 0.29) is 11.7 Å². The summed E-state index contributed by atoms with van der Waals surface area (Å²) in [6.07, 6.45) is 4.75. The van der Waals surface area contributed by atoms with Gasteiger partial charge >= 0.3 is 0 Å². The Bertz CT molecular complexity index is 1320. The Morgan fingerprint density at radius 3 is 2.43 bits per heavy atom. The van der Waals surface area contributed by atoms with Gasteiger partial charge in [0, 0.05) is 30.2 Å². The number of sulfonamides is 1. The van der Waals surface area contributed by atoms with Crippen molar-refractivity contribution in [3.05, 3.63) is 59.3 Å². The van der Waals surface area contributed by atoms with Crippen molar-refractivity contribution in [2.24, 2.45) is 5.73 Å². The molecule has 1 aliphatic rings. The number of aldehydes is 1. The number of hydrogen-bond acceptors (Lipinski definition) is 5. The molecular weight excluding hydrogens is 464 g/mol. The number of nitrogens with two attached hydrogens (primary N) is 1. The minimum absolute atomic E-state index is 0.164. The minimum atomic E-state index is -3.27. The molecule has 3 N–H and O–H groups in total. The number of rotatable bonds is 9. The Morgan fingerprint density at radius 2 is 1.83 bits per heavy atom. The van der Waals surface area contributed by atoms with Crippen molar-refractivity contribution in [3.63, 3.8) is 0 Å². The van der Waals surface area contributed by atoms with Gasteiger partial charge in [0.05, 0.1) is 16.8 Å². The maximum Gasteiger partial charge on any atom is 0.250 e. The Labute approximate surface area is 206 Å². The molecule has 186 valence electrons. The summed E-state index contributed by atoms with van der Waals surface area (Å²) in [6, 6.07) is 11.0. The van der Waals surface area contributed by atoms with E-state index in [1.54, 1.807) is 22.5 Å². The van der Waals surface area contributed by atoms with E-state index in [2.05, 4.69) is 4.98 Å². The quantitative estimate of drug-likeness (QED) is 0.441. The van der Waals surface area contributed by atoms with E-state index in [1.807, 2.05) is 43.4 Å². The van der Waals surface area contributed by atoms with Gasteiger partial charge in [0.15, 0.2) is 0 Å². The van der Waals surface area contributed by atoms with Gasteiger partial charge in [-0.2, -0.15) is 0 Å². The number of fused-ring (bicyclic) bond motifs is 1. The summed E-state index contributed by atoms with van der Waals surface area (Å²) < 4.78 is 27.1. The number of nitrogens with zero attached hydrogens (tertiary/aromatic N) is 2. The lowest BCUT2D eigenvalue weighted by Gasteiger charge is -2.31. The first-order valence-electron chi connectivity index (χ1n) is 11.8. The molecule has 2 aromatic carbocycles. The number of primary amides is 1. The predicted molar refractivity (Wildman–Crippen MR) is 138 cm³/mol. The molecule has 1 aliphatic heterocycles. The molecule has 35 heavy (non-hydrogen) atoms. The number of hydrogen-bond donors (Lipinski definition) is 2. The fraction of sp³-hybridized carbons (Fsp3) is 0.385. The van der Waals surface area contributed by atoms with Crippen LogP contribution in [-0.2, 0) is 10.0 Å². The number of amides is 1. The number of aromatic nitrogens is 1. The first kappa shape index (κ1) is 25.1. The average molecular weight is 497 g/mol. The second-order valence-electron chi connectivity index (χ2n) is 9.44.